The Kier molecular flexibility index (Phi) is 2.36. The molecule has 1 aliphatic rings. The number of rotatable bonds is 3. The van der Waals surface area contributed by atoms with E-state index >= 15 is 0 Å². The standard InChI is InChI=1S/C7H10NO3S/c1-12(10,11)7-6-8(9)4-2-3-5-8/h2-5H,1,6-7H2. The Morgan fingerprint density at radius 1 is 1.33 bits per heavy atom. The Hall–Kier alpha value is -0.650. The summed E-state index contributed by atoms with van der Waals surface area (Å²) in [7, 11) is -3.28. The fourth-order valence-corrected chi connectivity index (χ4v) is 1.43. The first-order chi connectivity index (χ1) is 5.41. The first kappa shape index (κ1) is 9.44. The maximum atomic E-state index is 11.4. The molecule has 0 atom stereocenters. The molecule has 1 aliphatic heterocycles. The van der Waals surface area contributed by atoms with Crippen LogP contribution in [0.25, 0.3) is 0 Å². The number of sulfone groups is 1. The van der Waals surface area contributed by atoms with E-state index in [4.69, 9.17) is 0 Å². The van der Waals surface area contributed by atoms with Crippen molar-refractivity contribution in [3.8, 4) is 0 Å². The number of hydrogen-bond acceptors (Lipinski definition) is 3. The van der Waals surface area contributed by atoms with Crippen molar-refractivity contribution in [3.63, 3.8) is 0 Å². The van der Waals surface area contributed by atoms with Crippen molar-refractivity contribution in [1.82, 2.24) is 0 Å². The van der Waals surface area contributed by atoms with E-state index in [1.807, 2.05) is 0 Å². The molecule has 0 fully saturated rings. The quantitative estimate of drug-likeness (QED) is 0.480. The molecule has 0 saturated heterocycles. The lowest BCUT2D eigenvalue weighted by Crippen LogP contribution is -2.32. The molecule has 0 amide bonds. The molecule has 0 N–H and O–H groups in total. The number of nitrogens with zero attached hydrogens (tertiary/aromatic N) is 1. The highest BCUT2D eigenvalue weighted by Crippen LogP contribution is 2.13. The van der Waals surface area contributed by atoms with Crippen molar-refractivity contribution >= 4 is 9.84 Å². The third kappa shape index (κ3) is 2.77. The van der Waals surface area contributed by atoms with Crippen LogP contribution in [-0.4, -0.2) is 25.4 Å². The largest absolute Gasteiger partial charge is 0.623 e. The van der Waals surface area contributed by atoms with E-state index in [2.05, 4.69) is 6.26 Å². The first-order valence-corrected chi connectivity index (χ1v) is 5.25. The molecule has 0 bridgehead atoms. The molecule has 0 saturated carbocycles. The van der Waals surface area contributed by atoms with Crippen molar-refractivity contribution in [2.75, 3.05) is 12.3 Å². The van der Waals surface area contributed by atoms with E-state index in [0.29, 0.717) is 0 Å². The second-order valence-corrected chi connectivity index (χ2v) is 4.60. The van der Waals surface area contributed by atoms with E-state index in [9.17, 15) is 13.6 Å². The van der Waals surface area contributed by atoms with E-state index in [0.717, 1.165) is 0 Å². The van der Waals surface area contributed by atoms with E-state index in [1.54, 1.807) is 12.2 Å². The Morgan fingerprint density at radius 3 is 2.25 bits per heavy atom. The molecule has 5 heteroatoms. The molecule has 0 aromatic carbocycles. The first-order valence-electron chi connectivity index (χ1n) is 3.43. The van der Waals surface area contributed by atoms with E-state index in [1.165, 1.54) is 12.4 Å². The van der Waals surface area contributed by atoms with Gasteiger partial charge in [-0.3, -0.25) is 0 Å². The highest BCUT2D eigenvalue weighted by Gasteiger charge is 2.16. The fourth-order valence-electron chi connectivity index (χ4n) is 0.871. The molecule has 67 valence electrons. The van der Waals surface area contributed by atoms with Crippen molar-refractivity contribution in [1.29, 1.82) is 0 Å². The van der Waals surface area contributed by atoms with Gasteiger partial charge in [0.25, 0.3) is 0 Å². The van der Waals surface area contributed by atoms with Crippen LogP contribution in [0.4, 0.5) is 0 Å². The lowest BCUT2D eigenvalue weighted by atomic mass is 10.6. The molecule has 1 rings (SSSR count). The molecule has 0 spiro atoms. The molecule has 0 unspecified atom stereocenters. The number of hydrogen-bond donors (Lipinski definition) is 0. The summed E-state index contributed by atoms with van der Waals surface area (Å²) in [6, 6.07) is 0. The molecule has 0 aromatic heterocycles. The minimum Gasteiger partial charge on any atom is -0.623 e. The predicted molar refractivity (Wildman–Crippen MR) is 45.9 cm³/mol. The third-order valence-corrected chi connectivity index (χ3v) is 2.34. The minimum absolute atomic E-state index is 0.00116. The Morgan fingerprint density at radius 2 is 1.83 bits per heavy atom. The van der Waals surface area contributed by atoms with E-state index in [-0.39, 0.29) is 12.3 Å². The molecule has 0 aromatic rings. The normalized spacial score (nSPS) is 20.2. The van der Waals surface area contributed by atoms with Gasteiger partial charge in [-0.25, -0.2) is 8.42 Å². The fraction of sp³-hybridized carbons (Fsp3) is 0.286. The smallest absolute Gasteiger partial charge is 0.156 e. The SMILES string of the molecule is [CH2]S(=O)(=O)CC[N+]1([O-])C=CC=C1. The summed E-state index contributed by atoms with van der Waals surface area (Å²) in [6.45, 7) is -0.00116. The van der Waals surface area contributed by atoms with Crippen LogP contribution >= 0.6 is 0 Å². The lowest BCUT2D eigenvalue weighted by Gasteiger charge is -2.32. The summed E-state index contributed by atoms with van der Waals surface area (Å²) in [5.74, 6) is -0.189. The number of quaternary nitrogens is 1. The van der Waals surface area contributed by atoms with Gasteiger partial charge >= 0.3 is 0 Å². The topological polar surface area (TPSA) is 57.2 Å². The van der Waals surface area contributed by atoms with Gasteiger partial charge in [0, 0.05) is 0 Å². The van der Waals surface area contributed by atoms with Crippen LogP contribution in [0.2, 0.25) is 0 Å². The van der Waals surface area contributed by atoms with Gasteiger partial charge in [-0.2, -0.15) is 0 Å². The van der Waals surface area contributed by atoms with Crippen LogP contribution in [0, 0.1) is 11.5 Å². The van der Waals surface area contributed by atoms with Crippen molar-refractivity contribution in [3.05, 3.63) is 36.0 Å². The van der Waals surface area contributed by atoms with Gasteiger partial charge in [0.1, 0.15) is 24.7 Å². The average molecular weight is 188 g/mol. The molecule has 12 heavy (non-hydrogen) atoms. The summed E-state index contributed by atoms with van der Waals surface area (Å²) in [5.41, 5.74) is 0. The molecule has 0 aliphatic carbocycles. The predicted octanol–water partition coefficient (Wildman–Crippen LogP) is 0.548. The lowest BCUT2D eigenvalue weighted by molar-refractivity contribution is -0.768. The number of hydroxylamine groups is 3. The van der Waals surface area contributed by atoms with Gasteiger partial charge in [0.2, 0.25) is 0 Å². The van der Waals surface area contributed by atoms with Crippen LogP contribution in [0.5, 0.6) is 0 Å². The summed E-state index contributed by atoms with van der Waals surface area (Å²) < 4.78 is 20.5. The second kappa shape index (κ2) is 3.01. The second-order valence-electron chi connectivity index (χ2n) is 2.71. The highest BCUT2D eigenvalue weighted by atomic mass is 32.2. The zero-order valence-electron chi connectivity index (χ0n) is 6.51. The summed E-state index contributed by atoms with van der Waals surface area (Å²) in [5, 5.41) is 11.4. The van der Waals surface area contributed by atoms with Gasteiger partial charge in [0.05, 0.1) is 6.26 Å². The Balaban J connectivity index is 2.53. The third-order valence-electron chi connectivity index (χ3n) is 1.54. The maximum Gasteiger partial charge on any atom is 0.156 e. The zero-order chi connectivity index (χ0) is 9.24. The van der Waals surface area contributed by atoms with Crippen molar-refractivity contribution < 1.29 is 13.1 Å². The maximum absolute atomic E-state index is 11.4. The molecule has 1 radical (unpaired) electrons. The van der Waals surface area contributed by atoms with Crippen molar-refractivity contribution in [2.45, 2.75) is 0 Å². The molecular weight excluding hydrogens is 178 g/mol. The van der Waals surface area contributed by atoms with Gasteiger partial charge in [-0.15, -0.1) is 0 Å². The van der Waals surface area contributed by atoms with Crippen LogP contribution < -0.4 is 0 Å². The van der Waals surface area contributed by atoms with Crippen molar-refractivity contribution in [2.24, 2.45) is 0 Å². The van der Waals surface area contributed by atoms with Crippen LogP contribution in [-0.2, 0) is 9.84 Å². The summed E-state index contributed by atoms with van der Waals surface area (Å²) in [6.07, 6.45) is 8.93. The molecule has 4 nitrogen and oxygen atoms in total. The molecule has 1 heterocycles. The van der Waals surface area contributed by atoms with Gasteiger partial charge in [-0.05, 0) is 12.2 Å². The minimum atomic E-state index is -3.28. The Labute approximate surface area is 71.9 Å². The van der Waals surface area contributed by atoms with Crippen LogP contribution in [0.15, 0.2) is 24.6 Å². The van der Waals surface area contributed by atoms with Crippen LogP contribution in [0.3, 0.4) is 0 Å². The molecular formula is C7H10NO3S. The van der Waals surface area contributed by atoms with Crippen LogP contribution in [0.1, 0.15) is 0 Å². The Bertz CT molecular complexity index is 304. The zero-order valence-corrected chi connectivity index (χ0v) is 7.33. The van der Waals surface area contributed by atoms with Gasteiger partial charge in [0.15, 0.2) is 9.84 Å². The number of allylic oxidation sites excluding steroid dienone is 2. The highest BCUT2D eigenvalue weighted by molar-refractivity contribution is 7.92. The summed E-state index contributed by atoms with van der Waals surface area (Å²) in [4.78, 5) is 0. The van der Waals surface area contributed by atoms with Gasteiger partial charge < -0.3 is 9.85 Å². The monoisotopic (exact) mass is 188 g/mol. The van der Waals surface area contributed by atoms with E-state index < -0.39 is 14.5 Å². The van der Waals surface area contributed by atoms with Gasteiger partial charge in [-0.1, -0.05) is 0 Å². The average Bonchev–Trinajstić information content (AvgIpc) is 2.32. The summed E-state index contributed by atoms with van der Waals surface area (Å²) >= 11 is 0.